The molecule has 0 radical (unpaired) electrons. The molecule has 2 aliphatic rings. The third-order valence-corrected chi connectivity index (χ3v) is 13.2. The lowest BCUT2D eigenvalue weighted by atomic mass is 9.72. The number of nitrogens with zero attached hydrogens (tertiary/aromatic N) is 2. The van der Waals surface area contributed by atoms with Crippen LogP contribution in [0.4, 0.5) is 17.1 Å². The summed E-state index contributed by atoms with van der Waals surface area (Å²) in [5.74, 6) is 0.727. The fourth-order valence-corrected chi connectivity index (χ4v) is 9.29. The van der Waals surface area contributed by atoms with Crippen LogP contribution in [0.1, 0.15) is 54.6 Å². The van der Waals surface area contributed by atoms with Crippen molar-refractivity contribution in [2.75, 3.05) is 50.1 Å². The Labute approximate surface area is 357 Å². The largest absolute Gasteiger partial charge is 0.497 e. The molecule has 0 atom stereocenters. The monoisotopic (exact) mass is 843 g/mol. The van der Waals surface area contributed by atoms with E-state index in [1.165, 1.54) is 28.8 Å². The highest BCUT2D eigenvalue weighted by Crippen LogP contribution is 2.43. The van der Waals surface area contributed by atoms with Gasteiger partial charge in [-0.2, -0.15) is 0 Å². The molecule has 8 rings (SSSR count). The number of aromatic nitrogens is 1. The second kappa shape index (κ2) is 17.1. The zero-order valence-corrected chi connectivity index (χ0v) is 35.9. The van der Waals surface area contributed by atoms with Gasteiger partial charge in [0.15, 0.2) is 0 Å². The molecule has 10 nitrogen and oxygen atoms in total. The van der Waals surface area contributed by atoms with E-state index < -0.39 is 15.9 Å². The SMILES string of the molecule is COc1ccc(Nc2ccc(S(=O)(=O)NC(=O)c3ccc(N4CCN(CC5=C(c6ccc(Cl)cc6)CC(C)(C)CC5)CC4)cc3Oc3ccc4[nH]ccc4c3)cc2C)cc1. The van der Waals surface area contributed by atoms with Crippen LogP contribution in [0.3, 0.4) is 0 Å². The highest BCUT2D eigenvalue weighted by Gasteiger charge is 2.30. The van der Waals surface area contributed by atoms with Gasteiger partial charge in [0.25, 0.3) is 15.9 Å². The molecule has 1 aliphatic carbocycles. The standard InChI is InChI=1S/C48H50ClN5O5S/c1-32-27-41(15-18-44(32)51-37-9-12-39(58-4)13-10-37)60(56,57)52-47(55)42-16-11-38(29-46(42)59-40-14-17-45-34(28-40)20-22-50-45)54-25-23-53(24-26-54)31-35-19-21-48(2,3)30-43(35)33-5-7-36(49)8-6-33/h5-18,20,22,27-29,50-51H,19,21,23-26,30-31H2,1-4H3,(H,52,55). The van der Waals surface area contributed by atoms with Crippen LogP contribution in [0, 0.1) is 12.3 Å². The first-order chi connectivity index (χ1) is 28.8. The third-order valence-electron chi connectivity index (χ3n) is 11.6. The van der Waals surface area contributed by atoms with Gasteiger partial charge >= 0.3 is 0 Å². The number of nitrogens with one attached hydrogen (secondary N) is 3. The first-order valence-corrected chi connectivity index (χ1v) is 22.1. The number of sulfonamides is 1. The molecule has 1 aromatic heterocycles. The molecular formula is C48H50ClN5O5S. The quantitative estimate of drug-likeness (QED) is 0.112. The number of halogens is 1. The van der Waals surface area contributed by atoms with Crippen molar-refractivity contribution in [3.8, 4) is 17.2 Å². The molecule has 1 fully saturated rings. The van der Waals surface area contributed by atoms with Crippen molar-refractivity contribution in [2.45, 2.75) is 44.9 Å². The number of carbonyl (C=O) groups is 1. The van der Waals surface area contributed by atoms with E-state index in [1.807, 2.05) is 85.9 Å². The van der Waals surface area contributed by atoms with E-state index in [0.717, 1.165) is 90.7 Å². The highest BCUT2D eigenvalue weighted by atomic mass is 35.5. The van der Waals surface area contributed by atoms with Crippen LogP contribution in [-0.2, 0) is 10.0 Å². The zero-order valence-electron chi connectivity index (χ0n) is 34.3. The molecule has 6 aromatic rings. The summed E-state index contributed by atoms with van der Waals surface area (Å²) < 4.78 is 41.4. The number of carbonyl (C=O) groups excluding carboxylic acids is 1. The number of rotatable bonds is 12. The smallest absolute Gasteiger partial charge is 0.268 e. The fourth-order valence-electron chi connectivity index (χ4n) is 8.11. The zero-order chi connectivity index (χ0) is 42.0. The number of aromatic amines is 1. The summed E-state index contributed by atoms with van der Waals surface area (Å²) in [7, 11) is -2.64. The number of aryl methyl sites for hydroxylation is 1. The number of methoxy groups -OCH3 is 1. The van der Waals surface area contributed by atoms with Crippen LogP contribution >= 0.6 is 11.6 Å². The number of hydrogen-bond donors (Lipinski definition) is 3. The van der Waals surface area contributed by atoms with Gasteiger partial charge in [-0.25, -0.2) is 13.1 Å². The lowest BCUT2D eigenvalue weighted by molar-refractivity contribution is 0.0979. The van der Waals surface area contributed by atoms with Crippen molar-refractivity contribution in [3.63, 3.8) is 0 Å². The molecule has 12 heteroatoms. The van der Waals surface area contributed by atoms with Crippen molar-refractivity contribution in [1.82, 2.24) is 14.6 Å². The number of anilines is 3. The highest BCUT2D eigenvalue weighted by molar-refractivity contribution is 7.90. The molecule has 310 valence electrons. The molecular weight excluding hydrogens is 794 g/mol. The van der Waals surface area contributed by atoms with E-state index >= 15 is 0 Å². The van der Waals surface area contributed by atoms with Crippen LogP contribution in [0.5, 0.6) is 17.2 Å². The van der Waals surface area contributed by atoms with Gasteiger partial charge < -0.3 is 24.7 Å². The lowest BCUT2D eigenvalue weighted by Crippen LogP contribution is -2.47. The molecule has 0 unspecified atom stereocenters. The summed E-state index contributed by atoms with van der Waals surface area (Å²) in [5, 5.41) is 5.00. The molecule has 0 saturated carbocycles. The Morgan fingerprint density at radius 3 is 2.35 bits per heavy atom. The maximum absolute atomic E-state index is 13.9. The van der Waals surface area contributed by atoms with E-state index in [2.05, 4.69) is 50.8 Å². The number of benzene rings is 5. The predicted molar refractivity (Wildman–Crippen MR) is 242 cm³/mol. The second-order valence-electron chi connectivity index (χ2n) is 16.5. The summed E-state index contributed by atoms with van der Waals surface area (Å²) >= 11 is 6.25. The Morgan fingerprint density at radius 1 is 0.867 bits per heavy atom. The first kappa shape index (κ1) is 41.0. The molecule has 1 amide bonds. The second-order valence-corrected chi connectivity index (χ2v) is 18.6. The Balaban J connectivity index is 0.999. The Morgan fingerprint density at radius 2 is 1.62 bits per heavy atom. The van der Waals surface area contributed by atoms with Crippen molar-refractivity contribution in [3.05, 3.63) is 143 Å². The van der Waals surface area contributed by atoms with Crippen LogP contribution in [0.2, 0.25) is 5.02 Å². The van der Waals surface area contributed by atoms with Gasteiger partial charge in [-0.15, -0.1) is 0 Å². The van der Waals surface area contributed by atoms with Crippen LogP contribution in [0.15, 0.2) is 126 Å². The molecule has 0 spiro atoms. The predicted octanol–water partition coefficient (Wildman–Crippen LogP) is 10.6. The van der Waals surface area contributed by atoms with Crippen LogP contribution in [-0.4, -0.2) is 64.0 Å². The number of allylic oxidation sites excluding steroid dienone is 1. The van der Waals surface area contributed by atoms with Gasteiger partial charge in [0.05, 0.1) is 17.6 Å². The van der Waals surface area contributed by atoms with Gasteiger partial charge in [0.1, 0.15) is 17.2 Å². The van der Waals surface area contributed by atoms with Crippen molar-refractivity contribution in [1.29, 1.82) is 0 Å². The number of fused-ring (bicyclic) bond motifs is 1. The first-order valence-electron chi connectivity index (χ1n) is 20.2. The maximum Gasteiger partial charge on any atom is 0.268 e. The molecule has 5 aromatic carbocycles. The summed E-state index contributed by atoms with van der Waals surface area (Å²) in [5.41, 5.74) is 8.63. The van der Waals surface area contributed by atoms with Gasteiger partial charge in [0, 0.05) is 78.0 Å². The van der Waals surface area contributed by atoms with E-state index in [4.69, 9.17) is 21.1 Å². The molecule has 2 heterocycles. The Bertz CT molecular complexity index is 2670. The Kier molecular flexibility index (Phi) is 11.7. The van der Waals surface area contributed by atoms with E-state index in [0.29, 0.717) is 11.3 Å². The minimum atomic E-state index is -4.25. The fraction of sp³-hybridized carbons (Fsp3) is 0.271. The van der Waals surface area contributed by atoms with E-state index in [-0.39, 0.29) is 21.6 Å². The number of ether oxygens (including phenoxy) is 2. The average molecular weight is 844 g/mol. The van der Waals surface area contributed by atoms with Crippen molar-refractivity contribution in [2.24, 2.45) is 5.41 Å². The summed E-state index contributed by atoms with van der Waals surface area (Å²) in [6, 6.07) is 33.3. The topological polar surface area (TPSA) is 116 Å². The maximum atomic E-state index is 13.9. The Hall–Kier alpha value is -5.75. The number of H-pyrrole nitrogens is 1. The summed E-state index contributed by atoms with van der Waals surface area (Å²) in [6.45, 7) is 10.7. The molecule has 0 bridgehead atoms. The summed E-state index contributed by atoms with van der Waals surface area (Å²) in [4.78, 5) is 21.9. The molecule has 60 heavy (non-hydrogen) atoms. The average Bonchev–Trinajstić information content (AvgIpc) is 3.71. The van der Waals surface area contributed by atoms with Gasteiger partial charge in [0.2, 0.25) is 0 Å². The van der Waals surface area contributed by atoms with Gasteiger partial charge in [-0.3, -0.25) is 9.69 Å². The normalized spacial score (nSPS) is 15.8. The van der Waals surface area contributed by atoms with Crippen LogP contribution < -0.4 is 24.4 Å². The number of piperazine rings is 1. The van der Waals surface area contributed by atoms with E-state index in [9.17, 15) is 13.2 Å². The minimum Gasteiger partial charge on any atom is -0.497 e. The lowest BCUT2D eigenvalue weighted by Gasteiger charge is -2.39. The summed E-state index contributed by atoms with van der Waals surface area (Å²) in [6.07, 6.45) is 5.13. The number of amides is 1. The molecule has 1 saturated heterocycles. The van der Waals surface area contributed by atoms with Crippen molar-refractivity contribution >= 4 is 61.1 Å². The van der Waals surface area contributed by atoms with Gasteiger partial charge in [-0.05, 0) is 139 Å². The third kappa shape index (κ3) is 9.33. The van der Waals surface area contributed by atoms with Gasteiger partial charge in [-0.1, -0.05) is 43.2 Å². The van der Waals surface area contributed by atoms with Crippen molar-refractivity contribution < 1.29 is 22.7 Å². The molecule has 3 N–H and O–H groups in total. The van der Waals surface area contributed by atoms with Crippen LogP contribution in [0.25, 0.3) is 16.5 Å². The molecule has 1 aliphatic heterocycles. The minimum absolute atomic E-state index is 0.0310. The van der Waals surface area contributed by atoms with E-state index in [1.54, 1.807) is 19.2 Å². The number of hydrogen-bond acceptors (Lipinski definition) is 8.